The van der Waals surface area contributed by atoms with Crippen LogP contribution in [0.3, 0.4) is 0 Å². The Hall–Kier alpha value is -2.33. The number of hydrogen-bond donors (Lipinski definition) is 0. The van der Waals surface area contributed by atoms with Crippen LogP contribution in [0.1, 0.15) is 31.4 Å². The molecule has 0 bridgehead atoms. The predicted molar refractivity (Wildman–Crippen MR) is 101 cm³/mol. The lowest BCUT2D eigenvalue weighted by Gasteiger charge is -2.33. The van der Waals surface area contributed by atoms with Crippen molar-refractivity contribution in [3.05, 3.63) is 60.3 Å². The van der Waals surface area contributed by atoms with Crippen LogP contribution in [-0.4, -0.2) is 34.4 Å². The average molecular weight is 335 g/mol. The molecule has 1 fully saturated rings. The van der Waals surface area contributed by atoms with Crippen LogP contribution in [0.2, 0.25) is 0 Å². The fourth-order valence-electron chi connectivity index (χ4n) is 3.82. The molecule has 0 spiro atoms. The topological polar surface area (TPSA) is 30.3 Å². The van der Waals surface area contributed by atoms with Gasteiger partial charge in [-0.15, -0.1) is 0 Å². The minimum atomic E-state index is 0.448. The summed E-state index contributed by atoms with van der Waals surface area (Å²) in [5.74, 6) is 0.964. The summed E-state index contributed by atoms with van der Waals surface area (Å²) in [5.41, 5.74) is 2.56. The summed E-state index contributed by atoms with van der Waals surface area (Å²) in [5, 5.41) is 5.89. The van der Waals surface area contributed by atoms with Crippen LogP contribution in [0.25, 0.3) is 10.9 Å². The molecule has 0 unspecified atom stereocenters. The second kappa shape index (κ2) is 7.28. The van der Waals surface area contributed by atoms with E-state index in [4.69, 9.17) is 4.74 Å². The van der Waals surface area contributed by atoms with Gasteiger partial charge in [0.2, 0.25) is 0 Å². The second-order valence-electron chi connectivity index (χ2n) is 6.76. The maximum absolute atomic E-state index is 5.63. The van der Waals surface area contributed by atoms with Gasteiger partial charge in [0.25, 0.3) is 0 Å². The van der Waals surface area contributed by atoms with Crippen LogP contribution in [0.4, 0.5) is 0 Å². The molecule has 2 aromatic carbocycles. The van der Waals surface area contributed by atoms with Gasteiger partial charge in [-0.1, -0.05) is 30.3 Å². The molecule has 4 rings (SSSR count). The molecule has 2 heterocycles. The largest absolute Gasteiger partial charge is 0.494 e. The number of benzene rings is 2. The third kappa shape index (κ3) is 3.54. The van der Waals surface area contributed by atoms with Gasteiger partial charge in [-0.05, 0) is 50.1 Å². The molecule has 1 aliphatic rings. The molecule has 1 aliphatic heterocycles. The monoisotopic (exact) mass is 335 g/mol. The molecular weight excluding hydrogens is 310 g/mol. The fourth-order valence-corrected chi connectivity index (χ4v) is 3.82. The van der Waals surface area contributed by atoms with Gasteiger partial charge in [0, 0.05) is 18.5 Å². The summed E-state index contributed by atoms with van der Waals surface area (Å²) >= 11 is 0. The zero-order valence-corrected chi connectivity index (χ0v) is 14.8. The molecule has 4 heteroatoms. The van der Waals surface area contributed by atoms with Gasteiger partial charge in [-0.3, -0.25) is 9.58 Å². The highest BCUT2D eigenvalue weighted by atomic mass is 16.5. The standard InChI is InChI=1S/C21H25N3O/c1-2-25-20-10-5-7-17(13-20)15-23-12-6-9-19(16-23)24-21-11-4-3-8-18(21)14-22-24/h3-5,7-8,10-11,13-14,19H,2,6,9,12,15-16H2,1H3/t19-/m0/s1. The minimum absolute atomic E-state index is 0.448. The number of rotatable bonds is 5. The van der Waals surface area contributed by atoms with Gasteiger partial charge in [-0.2, -0.15) is 5.10 Å². The van der Waals surface area contributed by atoms with Crippen molar-refractivity contribution in [1.29, 1.82) is 0 Å². The molecular formula is C21H25N3O. The number of likely N-dealkylation sites (tertiary alicyclic amines) is 1. The quantitative estimate of drug-likeness (QED) is 0.697. The van der Waals surface area contributed by atoms with Crippen molar-refractivity contribution >= 4 is 10.9 Å². The van der Waals surface area contributed by atoms with E-state index in [1.807, 2.05) is 19.2 Å². The number of hydrogen-bond acceptors (Lipinski definition) is 3. The number of fused-ring (bicyclic) bond motifs is 1. The highest BCUT2D eigenvalue weighted by molar-refractivity contribution is 5.78. The number of ether oxygens (including phenoxy) is 1. The fraction of sp³-hybridized carbons (Fsp3) is 0.381. The van der Waals surface area contributed by atoms with Crippen LogP contribution in [0, 0.1) is 0 Å². The third-order valence-electron chi connectivity index (χ3n) is 4.95. The summed E-state index contributed by atoms with van der Waals surface area (Å²) in [7, 11) is 0. The maximum Gasteiger partial charge on any atom is 0.119 e. The van der Waals surface area contributed by atoms with E-state index in [0.29, 0.717) is 12.6 Å². The lowest BCUT2D eigenvalue weighted by molar-refractivity contribution is 0.165. The Bertz CT molecular complexity index is 842. The van der Waals surface area contributed by atoms with E-state index in [1.165, 1.54) is 29.3 Å². The first-order chi connectivity index (χ1) is 12.3. The molecule has 3 aromatic rings. The third-order valence-corrected chi connectivity index (χ3v) is 4.95. The van der Waals surface area contributed by atoms with Crippen molar-refractivity contribution in [3.63, 3.8) is 0 Å². The number of para-hydroxylation sites is 1. The Balaban J connectivity index is 1.48. The summed E-state index contributed by atoms with van der Waals surface area (Å²) in [6.07, 6.45) is 4.39. The molecule has 25 heavy (non-hydrogen) atoms. The van der Waals surface area contributed by atoms with Gasteiger partial charge >= 0.3 is 0 Å². The van der Waals surface area contributed by atoms with E-state index >= 15 is 0 Å². The Morgan fingerprint density at radius 2 is 2.08 bits per heavy atom. The summed E-state index contributed by atoms with van der Waals surface area (Å²) in [6.45, 7) is 5.90. The van der Waals surface area contributed by atoms with Crippen molar-refractivity contribution < 1.29 is 4.74 Å². The van der Waals surface area contributed by atoms with E-state index in [2.05, 4.69) is 57.1 Å². The first kappa shape index (κ1) is 16.2. The summed E-state index contributed by atoms with van der Waals surface area (Å²) < 4.78 is 7.85. The highest BCUT2D eigenvalue weighted by Crippen LogP contribution is 2.26. The van der Waals surface area contributed by atoms with Gasteiger partial charge < -0.3 is 4.74 Å². The molecule has 0 N–H and O–H groups in total. The minimum Gasteiger partial charge on any atom is -0.494 e. The number of nitrogens with zero attached hydrogens (tertiary/aromatic N) is 3. The lowest BCUT2D eigenvalue weighted by Crippen LogP contribution is -2.36. The van der Waals surface area contributed by atoms with Crippen LogP contribution in [0.15, 0.2) is 54.7 Å². The molecule has 0 amide bonds. The molecule has 0 aliphatic carbocycles. The summed E-state index contributed by atoms with van der Waals surface area (Å²) in [6, 6.07) is 17.4. The number of aromatic nitrogens is 2. The first-order valence-corrected chi connectivity index (χ1v) is 9.20. The van der Waals surface area contributed by atoms with Crippen molar-refractivity contribution in [1.82, 2.24) is 14.7 Å². The molecule has 0 saturated carbocycles. The van der Waals surface area contributed by atoms with Crippen molar-refractivity contribution in [3.8, 4) is 5.75 Å². The first-order valence-electron chi connectivity index (χ1n) is 9.20. The van der Waals surface area contributed by atoms with Crippen molar-refractivity contribution in [2.75, 3.05) is 19.7 Å². The highest BCUT2D eigenvalue weighted by Gasteiger charge is 2.23. The van der Waals surface area contributed by atoms with Crippen LogP contribution in [-0.2, 0) is 6.54 Å². The van der Waals surface area contributed by atoms with Gasteiger partial charge in [0.15, 0.2) is 0 Å². The Labute approximate surface area is 149 Å². The molecule has 0 radical (unpaired) electrons. The molecule has 1 atom stereocenters. The van der Waals surface area contributed by atoms with E-state index in [-0.39, 0.29) is 0 Å². The van der Waals surface area contributed by atoms with Crippen molar-refractivity contribution in [2.45, 2.75) is 32.4 Å². The average Bonchev–Trinajstić information content (AvgIpc) is 3.07. The molecule has 130 valence electrons. The van der Waals surface area contributed by atoms with E-state index in [9.17, 15) is 0 Å². The lowest BCUT2D eigenvalue weighted by atomic mass is 10.0. The second-order valence-corrected chi connectivity index (χ2v) is 6.76. The maximum atomic E-state index is 5.63. The van der Waals surface area contributed by atoms with Crippen molar-refractivity contribution in [2.24, 2.45) is 0 Å². The zero-order chi connectivity index (χ0) is 17.1. The molecule has 1 saturated heterocycles. The molecule has 4 nitrogen and oxygen atoms in total. The van der Waals surface area contributed by atoms with E-state index in [0.717, 1.165) is 25.4 Å². The Kier molecular flexibility index (Phi) is 4.70. The van der Waals surface area contributed by atoms with E-state index in [1.54, 1.807) is 0 Å². The number of piperidine rings is 1. The Morgan fingerprint density at radius 1 is 1.16 bits per heavy atom. The molecule has 1 aromatic heterocycles. The van der Waals surface area contributed by atoms with Gasteiger partial charge in [0.1, 0.15) is 5.75 Å². The van der Waals surface area contributed by atoms with Crippen LogP contribution in [0.5, 0.6) is 5.75 Å². The Morgan fingerprint density at radius 3 is 3.00 bits per heavy atom. The van der Waals surface area contributed by atoms with Crippen LogP contribution < -0.4 is 4.74 Å². The normalized spacial score (nSPS) is 18.5. The smallest absolute Gasteiger partial charge is 0.119 e. The predicted octanol–water partition coefficient (Wildman–Crippen LogP) is 4.27. The zero-order valence-electron chi connectivity index (χ0n) is 14.8. The van der Waals surface area contributed by atoms with Gasteiger partial charge in [0.05, 0.1) is 24.4 Å². The van der Waals surface area contributed by atoms with E-state index < -0.39 is 0 Å². The van der Waals surface area contributed by atoms with Gasteiger partial charge in [-0.25, -0.2) is 0 Å². The summed E-state index contributed by atoms with van der Waals surface area (Å²) in [4.78, 5) is 2.54. The SMILES string of the molecule is CCOc1cccc(CN2CCC[C@H](n3ncc4ccccc43)C2)c1. The van der Waals surface area contributed by atoms with Crippen LogP contribution >= 0.6 is 0 Å².